The van der Waals surface area contributed by atoms with Gasteiger partial charge in [-0.15, -0.1) is 0 Å². The highest BCUT2D eigenvalue weighted by molar-refractivity contribution is 4.64. The summed E-state index contributed by atoms with van der Waals surface area (Å²) in [5, 5.41) is 3.16. The highest BCUT2D eigenvalue weighted by atomic mass is 16.5. The summed E-state index contributed by atoms with van der Waals surface area (Å²) in [6.45, 7) is 12.8. The Morgan fingerprint density at radius 3 is 1.38 bits per heavy atom. The minimum atomic E-state index is 0.889. The fourth-order valence-electron chi connectivity index (χ4n) is 1.42. The molecule has 0 aromatic carbocycles. The van der Waals surface area contributed by atoms with Crippen LogP contribution in [-0.4, -0.2) is 76.4 Å². The van der Waals surface area contributed by atoms with E-state index in [1.54, 1.807) is 0 Å². The van der Waals surface area contributed by atoms with E-state index in [9.17, 15) is 0 Å². The van der Waals surface area contributed by atoms with Gasteiger partial charge in [-0.25, -0.2) is 0 Å². The summed E-state index contributed by atoms with van der Waals surface area (Å²) >= 11 is 0. The number of likely N-dealkylation sites (N-methyl/N-ethyl adjacent to an activating group) is 2. The van der Waals surface area contributed by atoms with Crippen molar-refractivity contribution in [3.63, 3.8) is 0 Å². The topological polar surface area (TPSA) is 27.7 Å². The lowest BCUT2D eigenvalue weighted by Gasteiger charge is -2.28. The molecule has 0 bridgehead atoms. The molecule has 0 aromatic rings. The smallest absolute Gasteiger partial charge is 0.0591 e. The van der Waals surface area contributed by atoms with Crippen LogP contribution in [0.2, 0.25) is 0 Å². The molecule has 0 aromatic heterocycles. The van der Waals surface area contributed by atoms with E-state index in [0.717, 1.165) is 26.3 Å². The number of morpholine rings is 1. The fraction of sp³-hybridized carbons (Fsp3) is 1.00. The molecule has 98 valence electrons. The van der Waals surface area contributed by atoms with Gasteiger partial charge in [0, 0.05) is 39.3 Å². The van der Waals surface area contributed by atoms with Crippen molar-refractivity contribution in [2.75, 3.05) is 66.6 Å². The predicted octanol–water partition coefficient (Wildman–Crippen LogP) is 0.496. The molecule has 2 rings (SSSR count). The van der Waals surface area contributed by atoms with Gasteiger partial charge >= 0.3 is 0 Å². The maximum absolute atomic E-state index is 5.01. The lowest BCUT2D eigenvalue weighted by atomic mass is 10.4. The first kappa shape index (κ1) is 15.8. The summed E-state index contributed by atoms with van der Waals surface area (Å²) in [7, 11) is 4.35. The lowest BCUT2D eigenvalue weighted by Crippen LogP contribution is -2.42. The summed E-state index contributed by atoms with van der Waals surface area (Å²) in [6.07, 6.45) is 0. The molecule has 2 saturated heterocycles. The van der Waals surface area contributed by atoms with Gasteiger partial charge < -0.3 is 19.9 Å². The number of ether oxygens (including phenoxy) is 1. The molecule has 0 amide bonds. The van der Waals surface area contributed by atoms with Crippen molar-refractivity contribution < 1.29 is 4.74 Å². The molecule has 0 unspecified atom stereocenters. The zero-order valence-electron chi connectivity index (χ0n) is 11.5. The third-order valence-corrected chi connectivity index (χ3v) is 2.57. The van der Waals surface area contributed by atoms with Crippen molar-refractivity contribution in [2.24, 2.45) is 0 Å². The third-order valence-electron chi connectivity index (χ3n) is 2.57. The molecule has 4 nitrogen and oxygen atoms in total. The second kappa shape index (κ2) is 11.3. The molecule has 2 aliphatic rings. The van der Waals surface area contributed by atoms with Gasteiger partial charge in [-0.2, -0.15) is 0 Å². The van der Waals surface area contributed by atoms with Crippen molar-refractivity contribution in [1.82, 2.24) is 15.1 Å². The van der Waals surface area contributed by atoms with Gasteiger partial charge in [-0.05, 0) is 14.1 Å². The van der Waals surface area contributed by atoms with Crippen LogP contribution in [0.15, 0.2) is 0 Å². The van der Waals surface area contributed by atoms with Crippen molar-refractivity contribution in [2.45, 2.75) is 13.8 Å². The maximum atomic E-state index is 5.01. The molecule has 1 N–H and O–H groups in total. The Balaban J connectivity index is 0.000000251. The first-order valence-electron chi connectivity index (χ1n) is 6.44. The predicted molar refractivity (Wildman–Crippen MR) is 70.0 cm³/mol. The van der Waals surface area contributed by atoms with Crippen molar-refractivity contribution in [3.8, 4) is 0 Å². The highest BCUT2D eigenvalue weighted by Gasteiger charge is 2.07. The van der Waals surface area contributed by atoms with E-state index < -0.39 is 0 Å². The summed E-state index contributed by atoms with van der Waals surface area (Å²) in [6, 6.07) is 0. The molecule has 2 aliphatic heterocycles. The van der Waals surface area contributed by atoms with Gasteiger partial charge in [0.2, 0.25) is 0 Å². The van der Waals surface area contributed by atoms with Crippen molar-refractivity contribution >= 4 is 0 Å². The van der Waals surface area contributed by atoms with E-state index in [1.165, 1.54) is 26.2 Å². The van der Waals surface area contributed by atoms with E-state index in [1.807, 2.05) is 13.8 Å². The van der Waals surface area contributed by atoms with Crippen LogP contribution in [0.25, 0.3) is 0 Å². The number of hydrogen-bond donors (Lipinski definition) is 1. The minimum absolute atomic E-state index is 0.889. The Morgan fingerprint density at radius 1 is 0.812 bits per heavy atom. The van der Waals surface area contributed by atoms with Crippen LogP contribution in [-0.2, 0) is 4.74 Å². The second-order valence-electron chi connectivity index (χ2n) is 3.97. The molecule has 0 atom stereocenters. The molecule has 16 heavy (non-hydrogen) atoms. The third kappa shape index (κ3) is 9.09. The highest BCUT2D eigenvalue weighted by Crippen LogP contribution is 1.93. The average molecular weight is 231 g/mol. The largest absolute Gasteiger partial charge is 0.379 e. The molecule has 0 spiro atoms. The fourth-order valence-corrected chi connectivity index (χ4v) is 1.42. The molecular weight excluding hydrogens is 202 g/mol. The standard InChI is InChI=1S/C6H14N2.C4H9NO.C2H6/c1-7-3-5-8(2)6-4-7;1-3-6-4-2-5-1;1-2/h3-6H2,1-2H3;5H,1-4H2;1-2H3. The minimum Gasteiger partial charge on any atom is -0.379 e. The summed E-state index contributed by atoms with van der Waals surface area (Å²) in [4.78, 5) is 4.72. The zero-order valence-corrected chi connectivity index (χ0v) is 11.5. The monoisotopic (exact) mass is 231 g/mol. The quantitative estimate of drug-likeness (QED) is 0.657. The number of nitrogens with one attached hydrogen (secondary N) is 1. The van der Waals surface area contributed by atoms with E-state index in [2.05, 4.69) is 29.2 Å². The van der Waals surface area contributed by atoms with Crippen LogP contribution in [0.5, 0.6) is 0 Å². The maximum Gasteiger partial charge on any atom is 0.0591 e. The van der Waals surface area contributed by atoms with E-state index in [4.69, 9.17) is 4.74 Å². The summed E-state index contributed by atoms with van der Waals surface area (Å²) in [5.41, 5.74) is 0. The van der Waals surface area contributed by atoms with Gasteiger partial charge in [-0.1, -0.05) is 13.8 Å². The van der Waals surface area contributed by atoms with Crippen LogP contribution >= 0.6 is 0 Å². The lowest BCUT2D eigenvalue weighted by molar-refractivity contribution is 0.109. The van der Waals surface area contributed by atoms with Crippen LogP contribution in [0, 0.1) is 0 Å². The summed E-state index contributed by atoms with van der Waals surface area (Å²) < 4.78 is 5.01. The Morgan fingerprint density at radius 2 is 1.19 bits per heavy atom. The van der Waals surface area contributed by atoms with Crippen LogP contribution in [0.1, 0.15) is 13.8 Å². The van der Waals surface area contributed by atoms with Crippen molar-refractivity contribution in [1.29, 1.82) is 0 Å². The first-order valence-corrected chi connectivity index (χ1v) is 6.44. The van der Waals surface area contributed by atoms with Crippen LogP contribution < -0.4 is 5.32 Å². The Kier molecular flexibility index (Phi) is 11.2. The van der Waals surface area contributed by atoms with Crippen molar-refractivity contribution in [3.05, 3.63) is 0 Å². The van der Waals surface area contributed by atoms with Gasteiger partial charge in [0.25, 0.3) is 0 Å². The molecule has 0 radical (unpaired) electrons. The molecule has 0 aliphatic carbocycles. The number of piperazine rings is 1. The normalized spacial score (nSPS) is 22.5. The average Bonchev–Trinajstić information content (AvgIpc) is 2.38. The van der Waals surface area contributed by atoms with Gasteiger partial charge in [-0.3, -0.25) is 0 Å². The molecule has 2 heterocycles. The van der Waals surface area contributed by atoms with Gasteiger partial charge in [0.15, 0.2) is 0 Å². The van der Waals surface area contributed by atoms with Crippen LogP contribution in [0.3, 0.4) is 0 Å². The van der Waals surface area contributed by atoms with E-state index in [-0.39, 0.29) is 0 Å². The molecule has 4 heteroatoms. The number of rotatable bonds is 0. The van der Waals surface area contributed by atoms with Crippen LogP contribution in [0.4, 0.5) is 0 Å². The zero-order chi connectivity index (χ0) is 12.2. The second-order valence-corrected chi connectivity index (χ2v) is 3.97. The number of hydrogen-bond acceptors (Lipinski definition) is 4. The van der Waals surface area contributed by atoms with E-state index >= 15 is 0 Å². The molecular formula is C12H29N3O. The van der Waals surface area contributed by atoms with E-state index in [0.29, 0.717) is 0 Å². The summed E-state index contributed by atoms with van der Waals surface area (Å²) in [5.74, 6) is 0. The Labute approximate surface area is 101 Å². The Hall–Kier alpha value is -0.160. The van der Waals surface area contributed by atoms with Gasteiger partial charge in [0.1, 0.15) is 0 Å². The molecule has 0 saturated carbocycles. The molecule has 2 fully saturated rings. The SMILES string of the molecule is C1COCCN1.CC.CN1CCN(C)CC1. The number of nitrogens with zero attached hydrogens (tertiary/aromatic N) is 2. The van der Waals surface area contributed by atoms with Gasteiger partial charge in [0.05, 0.1) is 13.2 Å². The first-order chi connectivity index (χ1) is 7.79. The Bertz CT molecular complexity index is 111.